The summed E-state index contributed by atoms with van der Waals surface area (Å²) < 4.78 is 7.44. The zero-order valence-corrected chi connectivity index (χ0v) is 20.4. The first-order valence-corrected chi connectivity index (χ1v) is 12.3. The fraction of sp³-hybridized carbons (Fsp3) is 0.269. The molecule has 2 aromatic carbocycles. The number of morpholine rings is 1. The predicted octanol–water partition coefficient (Wildman–Crippen LogP) is 4.00. The number of amides is 3. The van der Waals surface area contributed by atoms with E-state index in [0.717, 1.165) is 57.6 Å². The maximum absolute atomic E-state index is 13.0. The van der Waals surface area contributed by atoms with Crippen LogP contribution >= 0.6 is 11.8 Å². The fourth-order valence-electron chi connectivity index (χ4n) is 4.42. The van der Waals surface area contributed by atoms with E-state index in [1.54, 1.807) is 6.08 Å². The molecule has 0 atom stereocenters. The van der Waals surface area contributed by atoms with Gasteiger partial charge in [0.2, 0.25) is 5.91 Å². The average Bonchev–Trinajstić information content (AvgIpc) is 3.28. The second kappa shape index (κ2) is 9.59. The van der Waals surface area contributed by atoms with Crippen molar-refractivity contribution in [3.8, 4) is 0 Å². The number of ether oxygens (including phenoxy) is 1. The molecule has 5 rings (SSSR count). The molecule has 0 aliphatic carbocycles. The molecule has 1 N–H and O–H groups in total. The molecule has 9 heteroatoms. The van der Waals surface area contributed by atoms with Crippen molar-refractivity contribution in [2.75, 3.05) is 43.1 Å². The number of thioether (sulfide) groups is 1. The molecular formula is C26H26N4O4S. The van der Waals surface area contributed by atoms with Crippen molar-refractivity contribution in [1.29, 1.82) is 0 Å². The zero-order valence-electron chi connectivity index (χ0n) is 19.6. The van der Waals surface area contributed by atoms with E-state index in [0.29, 0.717) is 23.8 Å². The van der Waals surface area contributed by atoms with Crippen LogP contribution in [-0.2, 0) is 21.4 Å². The maximum Gasteiger partial charge on any atom is 0.294 e. The van der Waals surface area contributed by atoms with Gasteiger partial charge in [-0.15, -0.1) is 0 Å². The monoisotopic (exact) mass is 490 g/mol. The first-order chi connectivity index (χ1) is 16.9. The van der Waals surface area contributed by atoms with Crippen LogP contribution < -0.4 is 10.2 Å². The van der Waals surface area contributed by atoms with Gasteiger partial charge in [-0.1, -0.05) is 18.2 Å². The third kappa shape index (κ3) is 4.56. The number of carbonyl (C=O) groups excluding carboxylic acids is 3. The van der Waals surface area contributed by atoms with Crippen LogP contribution in [0.2, 0.25) is 0 Å². The zero-order chi connectivity index (χ0) is 24.5. The van der Waals surface area contributed by atoms with E-state index < -0.39 is 17.1 Å². The molecule has 180 valence electrons. The Bertz CT molecular complexity index is 1340. The van der Waals surface area contributed by atoms with Crippen molar-refractivity contribution >= 4 is 57.2 Å². The van der Waals surface area contributed by atoms with Crippen molar-refractivity contribution < 1.29 is 19.1 Å². The number of fused-ring (bicyclic) bond motifs is 1. The van der Waals surface area contributed by atoms with Gasteiger partial charge < -0.3 is 19.5 Å². The Morgan fingerprint density at radius 2 is 1.80 bits per heavy atom. The lowest BCUT2D eigenvalue weighted by Gasteiger charge is -2.28. The number of imide groups is 1. The average molecular weight is 491 g/mol. The van der Waals surface area contributed by atoms with Crippen LogP contribution in [-0.4, -0.2) is 59.4 Å². The Morgan fingerprint density at radius 3 is 2.54 bits per heavy atom. The van der Waals surface area contributed by atoms with Gasteiger partial charge in [0, 0.05) is 53.7 Å². The standard InChI is InChI=1S/C26H26N4O4S/c1-17-21(20-5-3-4-6-22(20)28(17)2)15-23-25(32)30(26(33)35-23)16-24(31)27-18-7-9-19(10-8-18)29-11-13-34-14-12-29/h3-10,15H,11-14,16H2,1-2H3,(H,27,31). The maximum atomic E-state index is 13.0. The highest BCUT2D eigenvalue weighted by Crippen LogP contribution is 2.35. The van der Waals surface area contributed by atoms with Gasteiger partial charge in [-0.05, 0) is 55.1 Å². The molecule has 35 heavy (non-hydrogen) atoms. The number of para-hydroxylation sites is 1. The van der Waals surface area contributed by atoms with Crippen LogP contribution in [0.1, 0.15) is 11.3 Å². The third-order valence-electron chi connectivity index (χ3n) is 6.43. The number of benzene rings is 2. The number of aryl methyl sites for hydroxylation is 1. The highest BCUT2D eigenvalue weighted by Gasteiger charge is 2.36. The quantitative estimate of drug-likeness (QED) is 0.545. The van der Waals surface area contributed by atoms with Gasteiger partial charge in [-0.3, -0.25) is 19.3 Å². The molecule has 3 amide bonds. The largest absolute Gasteiger partial charge is 0.378 e. The number of hydrogen-bond acceptors (Lipinski definition) is 6. The first-order valence-electron chi connectivity index (χ1n) is 11.4. The molecule has 1 aromatic heterocycles. The molecule has 3 aromatic rings. The van der Waals surface area contributed by atoms with Crippen LogP contribution in [0.15, 0.2) is 53.4 Å². The topological polar surface area (TPSA) is 83.9 Å². The number of anilines is 2. The van der Waals surface area contributed by atoms with E-state index in [1.807, 2.05) is 62.5 Å². The Hall–Kier alpha value is -3.56. The normalized spacial score (nSPS) is 17.6. The summed E-state index contributed by atoms with van der Waals surface area (Å²) in [6, 6.07) is 15.4. The van der Waals surface area contributed by atoms with Gasteiger partial charge in [0.1, 0.15) is 6.54 Å². The van der Waals surface area contributed by atoms with Gasteiger partial charge in [-0.2, -0.15) is 0 Å². The Kier molecular flexibility index (Phi) is 6.36. The van der Waals surface area contributed by atoms with E-state index in [9.17, 15) is 14.4 Å². The van der Waals surface area contributed by atoms with E-state index >= 15 is 0 Å². The lowest BCUT2D eigenvalue weighted by atomic mass is 10.1. The first kappa shape index (κ1) is 23.2. The second-order valence-corrected chi connectivity index (χ2v) is 9.53. The fourth-order valence-corrected chi connectivity index (χ4v) is 5.24. The number of nitrogens with one attached hydrogen (secondary N) is 1. The van der Waals surface area contributed by atoms with Crippen LogP contribution in [0.25, 0.3) is 17.0 Å². The van der Waals surface area contributed by atoms with Gasteiger partial charge in [0.25, 0.3) is 11.1 Å². The molecule has 0 radical (unpaired) electrons. The summed E-state index contributed by atoms with van der Waals surface area (Å²) in [4.78, 5) is 41.7. The predicted molar refractivity (Wildman–Crippen MR) is 138 cm³/mol. The minimum atomic E-state index is -0.454. The molecule has 3 heterocycles. The summed E-state index contributed by atoms with van der Waals surface area (Å²) >= 11 is 0.863. The molecular weight excluding hydrogens is 464 g/mol. The Labute approximate surface area is 207 Å². The van der Waals surface area contributed by atoms with Crippen molar-refractivity contribution in [3.05, 3.63) is 64.7 Å². The highest BCUT2D eigenvalue weighted by atomic mass is 32.2. The number of aromatic nitrogens is 1. The van der Waals surface area contributed by atoms with Crippen LogP contribution in [0, 0.1) is 6.92 Å². The van der Waals surface area contributed by atoms with E-state index in [1.165, 1.54) is 0 Å². The molecule has 0 unspecified atom stereocenters. The molecule has 0 bridgehead atoms. The summed E-state index contributed by atoms with van der Waals surface area (Å²) in [5, 5.41) is 3.35. The van der Waals surface area contributed by atoms with Crippen molar-refractivity contribution in [2.24, 2.45) is 7.05 Å². The van der Waals surface area contributed by atoms with Gasteiger partial charge in [0.05, 0.1) is 18.1 Å². The summed E-state index contributed by atoms with van der Waals surface area (Å²) in [5.74, 6) is -0.876. The highest BCUT2D eigenvalue weighted by molar-refractivity contribution is 8.18. The summed E-state index contributed by atoms with van der Waals surface area (Å²) in [6.07, 6.45) is 1.75. The Balaban J connectivity index is 1.27. The van der Waals surface area contributed by atoms with Crippen LogP contribution in [0.5, 0.6) is 0 Å². The molecule has 0 spiro atoms. The smallest absolute Gasteiger partial charge is 0.294 e. The lowest BCUT2D eigenvalue weighted by molar-refractivity contribution is -0.127. The van der Waals surface area contributed by atoms with Crippen LogP contribution in [0.4, 0.5) is 16.2 Å². The molecule has 8 nitrogen and oxygen atoms in total. The Morgan fingerprint density at radius 1 is 1.09 bits per heavy atom. The van der Waals surface area contributed by atoms with E-state index in [-0.39, 0.29) is 6.54 Å². The summed E-state index contributed by atoms with van der Waals surface area (Å²) in [5.41, 5.74) is 4.62. The van der Waals surface area contributed by atoms with Gasteiger partial charge >= 0.3 is 0 Å². The lowest BCUT2D eigenvalue weighted by Crippen LogP contribution is -2.36. The molecule has 2 fully saturated rings. The van der Waals surface area contributed by atoms with Crippen molar-refractivity contribution in [2.45, 2.75) is 6.92 Å². The minimum absolute atomic E-state index is 0.317. The molecule has 2 aliphatic rings. The van der Waals surface area contributed by atoms with Crippen molar-refractivity contribution in [3.63, 3.8) is 0 Å². The summed E-state index contributed by atoms with van der Waals surface area (Å²) in [6.45, 7) is 4.71. The SMILES string of the molecule is Cc1c(C=C2SC(=O)N(CC(=O)Nc3ccc(N4CCOCC4)cc3)C2=O)c2ccccc2n1C. The van der Waals surface area contributed by atoms with Crippen LogP contribution in [0.3, 0.4) is 0 Å². The minimum Gasteiger partial charge on any atom is -0.378 e. The molecule has 2 saturated heterocycles. The van der Waals surface area contributed by atoms with E-state index in [4.69, 9.17) is 4.74 Å². The summed E-state index contributed by atoms with van der Waals surface area (Å²) in [7, 11) is 1.97. The van der Waals surface area contributed by atoms with E-state index in [2.05, 4.69) is 14.8 Å². The van der Waals surface area contributed by atoms with Gasteiger partial charge in [0.15, 0.2) is 0 Å². The number of nitrogens with zero attached hydrogens (tertiary/aromatic N) is 3. The number of rotatable bonds is 5. The molecule has 0 saturated carbocycles. The van der Waals surface area contributed by atoms with Gasteiger partial charge in [-0.25, -0.2) is 0 Å². The second-order valence-electron chi connectivity index (χ2n) is 8.54. The molecule has 2 aliphatic heterocycles. The number of carbonyl (C=O) groups is 3. The third-order valence-corrected chi connectivity index (χ3v) is 7.33. The van der Waals surface area contributed by atoms with Crippen molar-refractivity contribution in [1.82, 2.24) is 9.47 Å². The number of hydrogen-bond donors (Lipinski definition) is 1.